The average Bonchev–Trinajstić information content (AvgIpc) is 3.23. The van der Waals surface area contributed by atoms with Crippen LogP contribution in [-0.2, 0) is 11.2 Å². The molecule has 144 valence electrons. The highest BCUT2D eigenvalue weighted by Crippen LogP contribution is 2.34. The maximum Gasteiger partial charge on any atom is 0.387 e. The summed E-state index contributed by atoms with van der Waals surface area (Å²) in [5.74, 6) is 1.06. The third-order valence-electron chi connectivity index (χ3n) is 4.80. The largest absolute Gasteiger partial charge is 0.493 e. The number of fused-ring (bicyclic) bond motifs is 2. The predicted octanol–water partition coefficient (Wildman–Crippen LogP) is 2.32. The van der Waals surface area contributed by atoms with E-state index >= 15 is 0 Å². The van der Waals surface area contributed by atoms with E-state index in [9.17, 15) is 8.78 Å². The number of halogens is 2. The highest BCUT2D eigenvalue weighted by atomic mass is 19.3. The lowest BCUT2D eigenvalue weighted by atomic mass is 9.96. The van der Waals surface area contributed by atoms with Crippen molar-refractivity contribution in [1.82, 2.24) is 10.6 Å². The molecular formula is C18H25F2N3O3. The van der Waals surface area contributed by atoms with E-state index in [1.54, 1.807) is 19.2 Å². The van der Waals surface area contributed by atoms with Crippen molar-refractivity contribution in [2.24, 2.45) is 4.99 Å². The summed E-state index contributed by atoms with van der Waals surface area (Å²) in [5, 5.41) is 6.67. The summed E-state index contributed by atoms with van der Waals surface area (Å²) in [5.41, 5.74) is 0.868. The second-order valence-electron chi connectivity index (χ2n) is 6.47. The van der Waals surface area contributed by atoms with Gasteiger partial charge in [-0.2, -0.15) is 8.78 Å². The lowest BCUT2D eigenvalue weighted by Gasteiger charge is -2.22. The van der Waals surface area contributed by atoms with E-state index in [2.05, 4.69) is 20.4 Å². The Morgan fingerprint density at radius 3 is 2.81 bits per heavy atom. The molecule has 0 aromatic heterocycles. The monoisotopic (exact) mass is 369 g/mol. The number of hydrogen-bond acceptors (Lipinski definition) is 4. The molecule has 0 radical (unpaired) electrons. The van der Waals surface area contributed by atoms with Gasteiger partial charge in [0.15, 0.2) is 17.5 Å². The Morgan fingerprint density at radius 2 is 2.19 bits per heavy atom. The molecule has 3 unspecified atom stereocenters. The van der Waals surface area contributed by atoms with Crippen molar-refractivity contribution in [3.63, 3.8) is 0 Å². The molecule has 6 nitrogen and oxygen atoms in total. The smallest absolute Gasteiger partial charge is 0.387 e. The van der Waals surface area contributed by atoms with Crippen molar-refractivity contribution >= 4 is 5.96 Å². The molecule has 2 aliphatic heterocycles. The number of alkyl halides is 2. The van der Waals surface area contributed by atoms with E-state index in [1.807, 2.05) is 6.07 Å². The van der Waals surface area contributed by atoms with Crippen molar-refractivity contribution in [1.29, 1.82) is 0 Å². The van der Waals surface area contributed by atoms with Gasteiger partial charge < -0.3 is 24.8 Å². The Hall–Kier alpha value is -2.09. The number of nitrogens with one attached hydrogen (secondary N) is 2. The van der Waals surface area contributed by atoms with Crippen molar-refractivity contribution in [2.75, 3.05) is 20.7 Å². The first kappa shape index (κ1) is 18.7. The maximum atomic E-state index is 12.5. The molecule has 2 N–H and O–H groups in total. The zero-order valence-electron chi connectivity index (χ0n) is 15.0. The van der Waals surface area contributed by atoms with Gasteiger partial charge in [0.2, 0.25) is 0 Å². The molecule has 1 aromatic carbocycles. The van der Waals surface area contributed by atoms with E-state index in [4.69, 9.17) is 9.47 Å². The predicted molar refractivity (Wildman–Crippen MR) is 94.1 cm³/mol. The van der Waals surface area contributed by atoms with Crippen LogP contribution in [0.2, 0.25) is 0 Å². The van der Waals surface area contributed by atoms with Gasteiger partial charge in [0.1, 0.15) is 0 Å². The Labute approximate surface area is 151 Å². The van der Waals surface area contributed by atoms with Gasteiger partial charge in [0, 0.05) is 13.6 Å². The number of methoxy groups -OCH3 is 1. The number of rotatable bonds is 7. The minimum absolute atomic E-state index is 0.0432. The van der Waals surface area contributed by atoms with E-state index in [1.165, 1.54) is 7.11 Å². The first-order valence-electron chi connectivity index (χ1n) is 8.83. The van der Waals surface area contributed by atoms with E-state index in [0.29, 0.717) is 25.1 Å². The highest BCUT2D eigenvalue weighted by molar-refractivity contribution is 5.80. The van der Waals surface area contributed by atoms with Crippen LogP contribution in [0.15, 0.2) is 23.2 Å². The molecule has 3 atom stereocenters. The number of hydrogen-bond donors (Lipinski definition) is 2. The molecule has 26 heavy (non-hydrogen) atoms. The summed E-state index contributed by atoms with van der Waals surface area (Å²) in [6.07, 6.45) is 4.54. The number of ether oxygens (including phenoxy) is 3. The lowest BCUT2D eigenvalue weighted by Crippen LogP contribution is -2.47. The number of nitrogens with zero attached hydrogens (tertiary/aromatic N) is 1. The summed E-state index contributed by atoms with van der Waals surface area (Å²) in [6.45, 7) is -2.27. The average molecular weight is 369 g/mol. The number of benzene rings is 1. The summed E-state index contributed by atoms with van der Waals surface area (Å²) in [7, 11) is 3.15. The minimum Gasteiger partial charge on any atom is -0.493 e. The fourth-order valence-electron chi connectivity index (χ4n) is 3.55. The van der Waals surface area contributed by atoms with Crippen LogP contribution < -0.4 is 20.1 Å². The Morgan fingerprint density at radius 1 is 1.35 bits per heavy atom. The fraction of sp³-hybridized carbons (Fsp3) is 0.611. The van der Waals surface area contributed by atoms with Crippen molar-refractivity contribution in [2.45, 2.75) is 50.5 Å². The molecule has 2 bridgehead atoms. The summed E-state index contributed by atoms with van der Waals surface area (Å²) in [4.78, 5) is 4.25. The Kier molecular flexibility index (Phi) is 6.13. The van der Waals surface area contributed by atoms with Crippen LogP contribution in [0.5, 0.6) is 11.5 Å². The molecule has 3 rings (SSSR count). The molecule has 8 heteroatoms. The van der Waals surface area contributed by atoms with Gasteiger partial charge in [-0.1, -0.05) is 6.07 Å². The van der Waals surface area contributed by atoms with E-state index in [0.717, 1.165) is 30.8 Å². The lowest BCUT2D eigenvalue weighted by molar-refractivity contribution is -0.0512. The molecule has 2 aliphatic rings. The third kappa shape index (κ3) is 4.55. The van der Waals surface area contributed by atoms with Gasteiger partial charge in [-0.15, -0.1) is 0 Å². The molecule has 0 amide bonds. The van der Waals surface area contributed by atoms with E-state index in [-0.39, 0.29) is 17.6 Å². The molecule has 2 fully saturated rings. The molecule has 1 aromatic rings. The van der Waals surface area contributed by atoms with Crippen LogP contribution in [0.3, 0.4) is 0 Å². The number of aliphatic imine (C=N–C) groups is 1. The molecule has 2 heterocycles. The van der Waals surface area contributed by atoms with Crippen molar-refractivity contribution < 1.29 is 23.0 Å². The van der Waals surface area contributed by atoms with Crippen LogP contribution >= 0.6 is 0 Å². The molecule has 0 saturated carbocycles. The van der Waals surface area contributed by atoms with Gasteiger partial charge in [-0.05, 0) is 43.4 Å². The van der Waals surface area contributed by atoms with Gasteiger partial charge in [0.05, 0.1) is 25.4 Å². The quantitative estimate of drug-likeness (QED) is 0.571. The van der Waals surface area contributed by atoms with Gasteiger partial charge in [-0.25, -0.2) is 0 Å². The number of guanidine groups is 1. The van der Waals surface area contributed by atoms with Crippen molar-refractivity contribution in [3.8, 4) is 11.5 Å². The Bertz CT molecular complexity index is 642. The topological polar surface area (TPSA) is 64.1 Å². The summed E-state index contributed by atoms with van der Waals surface area (Å²) < 4.78 is 40.4. The molecular weight excluding hydrogens is 344 g/mol. The second-order valence-corrected chi connectivity index (χ2v) is 6.47. The molecule has 0 aliphatic carbocycles. The van der Waals surface area contributed by atoms with Gasteiger partial charge >= 0.3 is 6.61 Å². The third-order valence-corrected chi connectivity index (χ3v) is 4.80. The highest BCUT2D eigenvalue weighted by Gasteiger charge is 2.41. The van der Waals surface area contributed by atoms with Crippen LogP contribution in [0.25, 0.3) is 0 Å². The first-order valence-corrected chi connectivity index (χ1v) is 8.83. The van der Waals surface area contributed by atoms with E-state index < -0.39 is 6.61 Å². The van der Waals surface area contributed by atoms with Crippen molar-refractivity contribution in [3.05, 3.63) is 23.8 Å². The Balaban J connectivity index is 1.50. The van der Waals surface area contributed by atoms with Gasteiger partial charge in [-0.3, -0.25) is 4.99 Å². The standard InChI is InChI=1S/C18H25F2N3O3/c1-21-18(23-13-10-12-4-6-14(13)25-12)22-8-7-11-3-5-15(24-2)16(9-11)26-17(19)20/h3,5,9,12-14,17H,4,6-8,10H2,1-2H3,(H2,21,22,23). The normalized spacial score (nSPS) is 24.8. The molecule has 0 spiro atoms. The zero-order valence-corrected chi connectivity index (χ0v) is 15.0. The van der Waals surface area contributed by atoms with Crippen LogP contribution in [-0.4, -0.2) is 51.5 Å². The maximum absolute atomic E-state index is 12.5. The fourth-order valence-corrected chi connectivity index (χ4v) is 3.55. The first-order chi connectivity index (χ1) is 12.6. The summed E-state index contributed by atoms with van der Waals surface area (Å²) in [6, 6.07) is 5.34. The van der Waals surface area contributed by atoms with Crippen LogP contribution in [0.1, 0.15) is 24.8 Å². The van der Waals surface area contributed by atoms with Crippen LogP contribution in [0, 0.1) is 0 Å². The van der Waals surface area contributed by atoms with Crippen LogP contribution in [0.4, 0.5) is 8.78 Å². The second kappa shape index (κ2) is 8.53. The minimum atomic E-state index is -2.88. The van der Waals surface area contributed by atoms with Gasteiger partial charge in [0.25, 0.3) is 0 Å². The summed E-state index contributed by atoms with van der Waals surface area (Å²) >= 11 is 0. The molecule has 2 saturated heterocycles. The SMILES string of the molecule is CN=C(NCCc1ccc(OC)c(OC(F)F)c1)NC1CC2CCC1O2. The zero-order chi connectivity index (χ0) is 18.5.